The molecule has 0 atom stereocenters. The second-order valence-electron chi connectivity index (χ2n) is 7.48. The third-order valence-corrected chi connectivity index (χ3v) is 5.53. The minimum absolute atomic E-state index is 0.147. The number of nitrogens with one attached hydrogen (secondary N) is 1. The molecule has 0 aliphatic carbocycles. The number of allylic oxidation sites excluding steroid dienone is 1. The Morgan fingerprint density at radius 2 is 1.86 bits per heavy atom. The Hall–Kier alpha value is -3.81. The van der Waals surface area contributed by atoms with Crippen molar-refractivity contribution in [3.8, 4) is 5.75 Å². The monoisotopic (exact) mass is 509 g/mol. The van der Waals surface area contributed by atoms with Gasteiger partial charge in [0.1, 0.15) is 19.0 Å². The van der Waals surface area contributed by atoms with Crippen LogP contribution in [0.5, 0.6) is 5.75 Å². The molecule has 1 amide bonds. The summed E-state index contributed by atoms with van der Waals surface area (Å²) in [5, 5.41) is 4.02. The zero-order chi connectivity index (χ0) is 24.6. The first-order valence-corrected chi connectivity index (χ1v) is 11.4. The fourth-order valence-electron chi connectivity index (χ4n) is 3.23. The van der Waals surface area contributed by atoms with E-state index in [0.29, 0.717) is 38.9 Å². The number of halogens is 2. The number of amides is 1. The minimum Gasteiger partial charge on any atom is -0.488 e. The lowest BCUT2D eigenvalue weighted by atomic mass is 10.2. The van der Waals surface area contributed by atoms with E-state index in [-0.39, 0.29) is 18.8 Å². The molecule has 7 nitrogen and oxygen atoms in total. The number of aromatic nitrogens is 2. The lowest BCUT2D eigenvalue weighted by Gasteiger charge is -2.09. The molecule has 0 fully saturated rings. The van der Waals surface area contributed by atoms with Crippen molar-refractivity contribution in [2.24, 2.45) is 0 Å². The molecule has 178 valence electrons. The number of benzene rings is 3. The molecule has 1 N–H and O–H groups in total. The van der Waals surface area contributed by atoms with Crippen LogP contribution in [-0.4, -0.2) is 22.3 Å². The molecule has 0 saturated carbocycles. The molecule has 9 heteroatoms. The summed E-state index contributed by atoms with van der Waals surface area (Å²) in [6.45, 7) is 0.703. The van der Waals surface area contributed by atoms with Gasteiger partial charge in [0.05, 0.1) is 22.3 Å². The Kier molecular flexibility index (Phi) is 8.03. The summed E-state index contributed by atoms with van der Waals surface area (Å²) in [6, 6.07) is 19.3. The summed E-state index contributed by atoms with van der Waals surface area (Å²) >= 11 is 12.0. The molecule has 35 heavy (non-hydrogen) atoms. The highest BCUT2D eigenvalue weighted by Gasteiger charge is 2.08. The molecule has 1 aromatic heterocycles. The van der Waals surface area contributed by atoms with Crippen LogP contribution in [0.4, 0.5) is 10.5 Å². The number of carbonyl (C=O) groups is 1. The zero-order valence-electron chi connectivity index (χ0n) is 18.5. The van der Waals surface area contributed by atoms with E-state index in [9.17, 15) is 9.59 Å². The van der Waals surface area contributed by atoms with Gasteiger partial charge in [-0.15, -0.1) is 0 Å². The summed E-state index contributed by atoms with van der Waals surface area (Å²) in [5.41, 5.74) is 1.61. The highest BCUT2D eigenvalue weighted by Crippen LogP contribution is 2.27. The smallest absolute Gasteiger partial charge is 0.411 e. The number of carbonyl (C=O) groups excluding carboxylic acids is 1. The van der Waals surface area contributed by atoms with Crippen LogP contribution in [0.3, 0.4) is 0 Å². The van der Waals surface area contributed by atoms with Gasteiger partial charge in [-0.3, -0.25) is 14.7 Å². The van der Waals surface area contributed by atoms with Crippen LogP contribution in [-0.2, 0) is 17.9 Å². The largest absolute Gasteiger partial charge is 0.488 e. The van der Waals surface area contributed by atoms with Gasteiger partial charge in [-0.05, 0) is 42.0 Å². The summed E-state index contributed by atoms with van der Waals surface area (Å²) in [6.07, 6.45) is 4.43. The predicted octanol–water partition coefficient (Wildman–Crippen LogP) is 6.09. The maximum absolute atomic E-state index is 12.9. The second kappa shape index (κ2) is 11.6. The standard InChI is InChI=1S/C26H21Cl2N3O4/c27-19-8-10-22(28)24(14-19)34-13-5-4-12-31-17-29-23-11-9-20(15-21(23)25(31)32)30-26(33)35-16-18-6-2-1-3-7-18/h1-11,14-15,17H,12-13,16H2,(H,30,33)/b5-4+. The highest BCUT2D eigenvalue weighted by atomic mass is 35.5. The molecule has 0 spiro atoms. The van der Waals surface area contributed by atoms with Crippen molar-refractivity contribution >= 4 is 45.9 Å². The quantitative estimate of drug-likeness (QED) is 0.290. The Balaban J connectivity index is 1.37. The van der Waals surface area contributed by atoms with Crippen LogP contribution in [0.2, 0.25) is 10.0 Å². The fraction of sp³-hybridized carbons (Fsp3) is 0.115. The molecule has 0 aliphatic rings. The van der Waals surface area contributed by atoms with Crippen molar-refractivity contribution in [1.82, 2.24) is 9.55 Å². The van der Waals surface area contributed by atoms with Gasteiger partial charge in [-0.25, -0.2) is 9.78 Å². The van der Waals surface area contributed by atoms with Crippen LogP contribution in [0, 0.1) is 0 Å². The molecule has 0 radical (unpaired) electrons. The third kappa shape index (κ3) is 6.62. The first-order chi connectivity index (χ1) is 17.0. The topological polar surface area (TPSA) is 82.5 Å². The Morgan fingerprint density at radius 1 is 1.03 bits per heavy atom. The van der Waals surface area contributed by atoms with E-state index in [2.05, 4.69) is 10.3 Å². The van der Waals surface area contributed by atoms with E-state index >= 15 is 0 Å². The molecule has 0 bridgehead atoms. The van der Waals surface area contributed by atoms with Crippen molar-refractivity contribution in [3.05, 3.63) is 111 Å². The predicted molar refractivity (Wildman–Crippen MR) is 137 cm³/mol. The van der Waals surface area contributed by atoms with Gasteiger partial charge in [-0.1, -0.05) is 59.6 Å². The van der Waals surface area contributed by atoms with Gasteiger partial charge in [0.2, 0.25) is 0 Å². The zero-order valence-corrected chi connectivity index (χ0v) is 20.0. The van der Waals surface area contributed by atoms with E-state index in [1.54, 1.807) is 48.6 Å². The number of rotatable bonds is 8. The fourth-order valence-corrected chi connectivity index (χ4v) is 3.56. The Morgan fingerprint density at radius 3 is 2.69 bits per heavy atom. The SMILES string of the molecule is O=C(Nc1ccc2ncn(C/C=C/COc3cc(Cl)ccc3Cl)c(=O)c2c1)OCc1ccccc1. The van der Waals surface area contributed by atoms with Gasteiger partial charge < -0.3 is 9.47 Å². The van der Waals surface area contributed by atoms with Crippen LogP contribution in [0.1, 0.15) is 5.56 Å². The number of nitrogens with zero attached hydrogens (tertiary/aromatic N) is 2. The van der Waals surface area contributed by atoms with Crippen molar-refractivity contribution in [2.45, 2.75) is 13.2 Å². The summed E-state index contributed by atoms with van der Waals surface area (Å²) in [7, 11) is 0. The Labute approximate surface area is 211 Å². The third-order valence-electron chi connectivity index (χ3n) is 4.98. The molecule has 4 rings (SSSR count). The van der Waals surface area contributed by atoms with Crippen molar-refractivity contribution in [1.29, 1.82) is 0 Å². The van der Waals surface area contributed by atoms with E-state index in [1.807, 2.05) is 30.3 Å². The van der Waals surface area contributed by atoms with Crippen LogP contribution in [0.25, 0.3) is 10.9 Å². The van der Waals surface area contributed by atoms with Crippen LogP contribution in [0.15, 0.2) is 90.0 Å². The first-order valence-electron chi connectivity index (χ1n) is 10.7. The van der Waals surface area contributed by atoms with Crippen LogP contribution >= 0.6 is 23.2 Å². The first kappa shape index (κ1) is 24.3. The number of hydrogen-bond acceptors (Lipinski definition) is 5. The second-order valence-corrected chi connectivity index (χ2v) is 8.32. The summed E-state index contributed by atoms with van der Waals surface area (Å²) in [4.78, 5) is 29.4. The Bertz CT molecular complexity index is 1420. The number of fused-ring (bicyclic) bond motifs is 1. The lowest BCUT2D eigenvalue weighted by Crippen LogP contribution is -2.20. The van der Waals surface area contributed by atoms with E-state index in [4.69, 9.17) is 32.7 Å². The van der Waals surface area contributed by atoms with Gasteiger partial charge in [0.15, 0.2) is 0 Å². The molecule has 0 aliphatic heterocycles. The van der Waals surface area contributed by atoms with Gasteiger partial charge in [0, 0.05) is 23.3 Å². The molecular weight excluding hydrogens is 489 g/mol. The lowest BCUT2D eigenvalue weighted by molar-refractivity contribution is 0.155. The number of hydrogen-bond donors (Lipinski definition) is 1. The normalized spacial score (nSPS) is 11.0. The average Bonchev–Trinajstić information content (AvgIpc) is 2.87. The van der Waals surface area contributed by atoms with E-state index in [1.165, 1.54) is 10.9 Å². The van der Waals surface area contributed by atoms with Gasteiger partial charge in [-0.2, -0.15) is 0 Å². The molecule has 4 aromatic rings. The van der Waals surface area contributed by atoms with E-state index < -0.39 is 6.09 Å². The summed E-state index contributed by atoms with van der Waals surface area (Å²) < 4.78 is 12.3. The molecule has 0 unspecified atom stereocenters. The molecular formula is C26H21Cl2N3O4. The number of ether oxygens (including phenoxy) is 2. The van der Waals surface area contributed by atoms with Crippen LogP contribution < -0.4 is 15.6 Å². The van der Waals surface area contributed by atoms with Crippen molar-refractivity contribution < 1.29 is 14.3 Å². The van der Waals surface area contributed by atoms with Gasteiger partial charge >= 0.3 is 6.09 Å². The molecule has 1 heterocycles. The van der Waals surface area contributed by atoms with Gasteiger partial charge in [0.25, 0.3) is 5.56 Å². The number of anilines is 1. The summed E-state index contributed by atoms with van der Waals surface area (Å²) in [5.74, 6) is 0.482. The van der Waals surface area contributed by atoms with E-state index in [0.717, 1.165) is 5.56 Å². The maximum Gasteiger partial charge on any atom is 0.411 e. The van der Waals surface area contributed by atoms with Crippen molar-refractivity contribution in [2.75, 3.05) is 11.9 Å². The minimum atomic E-state index is -0.611. The molecule has 3 aromatic carbocycles. The average molecular weight is 510 g/mol. The molecule has 0 saturated heterocycles. The van der Waals surface area contributed by atoms with Crippen molar-refractivity contribution in [3.63, 3.8) is 0 Å². The highest BCUT2D eigenvalue weighted by molar-refractivity contribution is 6.34. The maximum atomic E-state index is 12.9.